The molecule has 2 N–H and O–H groups in total. The van der Waals surface area contributed by atoms with E-state index in [1.807, 2.05) is 30.3 Å². The summed E-state index contributed by atoms with van der Waals surface area (Å²) in [6.07, 6.45) is 3.96. The van der Waals surface area contributed by atoms with Crippen molar-refractivity contribution < 1.29 is 18.9 Å². The molecule has 2 fully saturated rings. The first kappa shape index (κ1) is 16.3. The smallest absolute Gasteiger partial charge is 0.344 e. The van der Waals surface area contributed by atoms with Crippen molar-refractivity contribution in [1.29, 1.82) is 0 Å². The third-order valence-corrected chi connectivity index (χ3v) is 4.89. The Hall–Kier alpha value is -3.16. The number of benzene rings is 1. The van der Waals surface area contributed by atoms with Gasteiger partial charge in [-0.15, -0.1) is 0 Å². The van der Waals surface area contributed by atoms with Gasteiger partial charge in [-0.05, 0) is 12.8 Å². The minimum Gasteiger partial charge on any atom is -0.350 e. The summed E-state index contributed by atoms with van der Waals surface area (Å²) in [6, 6.07) is 10.1. The zero-order valence-electron chi connectivity index (χ0n) is 14.0. The third-order valence-electron chi connectivity index (χ3n) is 4.89. The van der Waals surface area contributed by atoms with Gasteiger partial charge in [0.25, 0.3) is 5.91 Å². The van der Waals surface area contributed by atoms with Crippen molar-refractivity contribution in [1.82, 2.24) is 20.9 Å². The molecule has 1 saturated heterocycles. The second-order valence-electron chi connectivity index (χ2n) is 6.60. The summed E-state index contributed by atoms with van der Waals surface area (Å²) in [5.41, 5.74) is 2.74. The summed E-state index contributed by atoms with van der Waals surface area (Å²) in [5, 5.41) is 7.35. The molecular weight excluding hydrogens is 336 g/mol. The average Bonchev–Trinajstić information content (AvgIpc) is 3.24. The van der Waals surface area contributed by atoms with E-state index in [0.717, 1.165) is 29.8 Å². The van der Waals surface area contributed by atoms with Crippen molar-refractivity contribution in [2.24, 2.45) is 0 Å². The molecule has 1 aliphatic carbocycles. The molecule has 134 valence electrons. The van der Waals surface area contributed by atoms with Gasteiger partial charge in [0, 0.05) is 11.6 Å². The van der Waals surface area contributed by atoms with Crippen LogP contribution in [0.3, 0.4) is 0 Å². The lowest BCUT2D eigenvalue weighted by atomic mass is 9.82. The summed E-state index contributed by atoms with van der Waals surface area (Å²) in [5.74, 6) is -1.19. The van der Waals surface area contributed by atoms with Crippen LogP contribution in [0.15, 0.2) is 40.9 Å². The normalized spacial score (nSPS) is 18.8. The first-order valence-corrected chi connectivity index (χ1v) is 8.59. The predicted molar refractivity (Wildman–Crippen MR) is 90.6 cm³/mol. The summed E-state index contributed by atoms with van der Waals surface area (Å²) in [4.78, 5) is 37.2. The lowest BCUT2D eigenvalue weighted by Gasteiger charge is -2.30. The average molecular weight is 354 g/mol. The Bertz CT molecular complexity index is 855. The van der Waals surface area contributed by atoms with Gasteiger partial charge in [0.15, 0.2) is 0 Å². The quantitative estimate of drug-likeness (QED) is 0.823. The molecule has 0 unspecified atom stereocenters. The van der Waals surface area contributed by atoms with Crippen molar-refractivity contribution in [3.63, 3.8) is 0 Å². The fourth-order valence-corrected chi connectivity index (χ4v) is 3.50. The van der Waals surface area contributed by atoms with Gasteiger partial charge in [0.1, 0.15) is 11.2 Å². The van der Waals surface area contributed by atoms with Crippen molar-refractivity contribution in [2.75, 3.05) is 0 Å². The molecule has 2 aromatic rings. The van der Waals surface area contributed by atoms with Crippen LogP contribution in [0.1, 0.15) is 42.7 Å². The Kier molecular flexibility index (Phi) is 3.95. The number of aromatic nitrogens is 1. The van der Waals surface area contributed by atoms with E-state index >= 15 is 0 Å². The second kappa shape index (κ2) is 6.29. The lowest BCUT2D eigenvalue weighted by Crippen LogP contribution is -2.50. The topological polar surface area (TPSA) is 105 Å². The fourth-order valence-electron chi connectivity index (χ4n) is 3.50. The highest BCUT2D eigenvalue weighted by Gasteiger charge is 2.52. The number of rotatable bonds is 3. The molecule has 0 radical (unpaired) electrons. The maximum atomic E-state index is 12.7. The van der Waals surface area contributed by atoms with Crippen LogP contribution in [-0.4, -0.2) is 33.5 Å². The zero-order chi connectivity index (χ0) is 18.1. The molecule has 4 rings (SSSR count). The van der Waals surface area contributed by atoms with Crippen LogP contribution in [0.5, 0.6) is 0 Å². The Labute approximate surface area is 149 Å². The van der Waals surface area contributed by atoms with Crippen LogP contribution < -0.4 is 10.7 Å². The van der Waals surface area contributed by atoms with Crippen LogP contribution in [0, 0.1) is 0 Å². The molecule has 8 heteroatoms. The summed E-state index contributed by atoms with van der Waals surface area (Å²) in [7, 11) is 0. The van der Waals surface area contributed by atoms with Crippen LogP contribution in [-0.2, 0) is 4.79 Å². The zero-order valence-corrected chi connectivity index (χ0v) is 14.0. The minimum absolute atomic E-state index is 0.0750. The van der Waals surface area contributed by atoms with Crippen molar-refractivity contribution in [3.05, 3.63) is 42.2 Å². The number of imide groups is 1. The molecule has 1 spiro atoms. The van der Waals surface area contributed by atoms with E-state index in [4.69, 9.17) is 4.52 Å². The number of hydrazine groups is 1. The van der Waals surface area contributed by atoms with E-state index in [1.165, 1.54) is 6.07 Å². The summed E-state index contributed by atoms with van der Waals surface area (Å²) < 4.78 is 5.07. The van der Waals surface area contributed by atoms with Crippen LogP contribution in [0.4, 0.5) is 4.79 Å². The van der Waals surface area contributed by atoms with Gasteiger partial charge in [-0.2, -0.15) is 5.01 Å². The molecule has 1 saturated carbocycles. The number of hydrogen-bond donors (Lipinski definition) is 2. The molecule has 2 heterocycles. The van der Waals surface area contributed by atoms with Crippen LogP contribution >= 0.6 is 0 Å². The molecular formula is C18H18N4O4. The number of carbonyl (C=O) groups is 3. The van der Waals surface area contributed by atoms with Gasteiger partial charge in [-0.25, -0.2) is 10.2 Å². The fraction of sp³-hybridized carbons (Fsp3) is 0.333. The maximum Gasteiger partial charge on any atom is 0.344 e. The van der Waals surface area contributed by atoms with E-state index < -0.39 is 23.4 Å². The monoisotopic (exact) mass is 354 g/mol. The molecule has 1 aromatic carbocycles. The van der Waals surface area contributed by atoms with E-state index in [2.05, 4.69) is 15.9 Å². The number of nitrogens with zero attached hydrogens (tertiary/aromatic N) is 2. The Balaban J connectivity index is 1.49. The van der Waals surface area contributed by atoms with Gasteiger partial charge >= 0.3 is 11.9 Å². The standard InChI is InChI=1S/C18H18N4O4/c23-15(14-11-13(21-26-14)12-7-3-1-4-8-12)20-22-16(24)18(19-17(22)25)9-5-2-6-10-18/h1,3-4,7-8,11H,2,5-6,9-10H2,(H,19,25)(H,20,23). The third kappa shape index (κ3) is 2.73. The second-order valence-corrected chi connectivity index (χ2v) is 6.60. The van der Waals surface area contributed by atoms with Gasteiger partial charge < -0.3 is 9.84 Å². The number of amides is 4. The highest BCUT2D eigenvalue weighted by atomic mass is 16.5. The Morgan fingerprint density at radius 1 is 1.15 bits per heavy atom. The van der Waals surface area contributed by atoms with Crippen molar-refractivity contribution in [2.45, 2.75) is 37.6 Å². The van der Waals surface area contributed by atoms with E-state index in [-0.39, 0.29) is 5.76 Å². The number of urea groups is 1. The van der Waals surface area contributed by atoms with Crippen molar-refractivity contribution >= 4 is 17.8 Å². The van der Waals surface area contributed by atoms with E-state index in [0.29, 0.717) is 18.5 Å². The molecule has 0 atom stereocenters. The minimum atomic E-state index is -0.890. The Morgan fingerprint density at radius 3 is 2.62 bits per heavy atom. The largest absolute Gasteiger partial charge is 0.350 e. The van der Waals surface area contributed by atoms with E-state index in [9.17, 15) is 14.4 Å². The highest BCUT2D eigenvalue weighted by molar-refractivity contribution is 6.09. The van der Waals surface area contributed by atoms with Crippen molar-refractivity contribution in [3.8, 4) is 11.3 Å². The van der Waals surface area contributed by atoms with Gasteiger partial charge in [0.05, 0.1) is 0 Å². The number of hydrogen-bond acceptors (Lipinski definition) is 5. The first-order valence-electron chi connectivity index (χ1n) is 8.59. The van der Waals surface area contributed by atoms with Crippen LogP contribution in [0.25, 0.3) is 11.3 Å². The molecule has 4 amide bonds. The molecule has 1 aromatic heterocycles. The summed E-state index contributed by atoms with van der Waals surface area (Å²) in [6.45, 7) is 0. The molecule has 1 aliphatic heterocycles. The number of carbonyl (C=O) groups excluding carboxylic acids is 3. The Morgan fingerprint density at radius 2 is 1.88 bits per heavy atom. The van der Waals surface area contributed by atoms with Crippen LogP contribution in [0.2, 0.25) is 0 Å². The summed E-state index contributed by atoms with van der Waals surface area (Å²) >= 11 is 0. The predicted octanol–water partition coefficient (Wildman–Crippen LogP) is 2.24. The van der Waals surface area contributed by atoms with Gasteiger partial charge in [0.2, 0.25) is 5.76 Å². The maximum absolute atomic E-state index is 12.7. The molecule has 8 nitrogen and oxygen atoms in total. The molecule has 2 aliphatic rings. The lowest BCUT2D eigenvalue weighted by molar-refractivity contribution is -0.134. The highest BCUT2D eigenvalue weighted by Crippen LogP contribution is 2.33. The first-order chi connectivity index (χ1) is 12.6. The van der Waals surface area contributed by atoms with Gasteiger partial charge in [-0.1, -0.05) is 54.8 Å². The van der Waals surface area contributed by atoms with E-state index in [1.54, 1.807) is 0 Å². The SMILES string of the molecule is O=C(NN1C(=O)NC2(CCCCC2)C1=O)c1cc(-c2ccccc2)no1. The molecule has 0 bridgehead atoms. The number of nitrogens with one attached hydrogen (secondary N) is 2. The molecule has 26 heavy (non-hydrogen) atoms. The van der Waals surface area contributed by atoms with Gasteiger partial charge in [-0.3, -0.25) is 9.59 Å².